The lowest BCUT2D eigenvalue weighted by Crippen LogP contribution is -2.44. The van der Waals surface area contributed by atoms with Crippen LogP contribution in [0.2, 0.25) is 18.1 Å². The summed E-state index contributed by atoms with van der Waals surface area (Å²) in [6, 6.07) is 3.85. The Balaban J connectivity index is 3.13. The molecule has 0 fully saturated rings. The maximum Gasteiger partial charge on any atom is 0.220 e. The van der Waals surface area contributed by atoms with Gasteiger partial charge in [-0.15, -0.1) is 0 Å². The van der Waals surface area contributed by atoms with Crippen LogP contribution in [0, 0.1) is 0 Å². The van der Waals surface area contributed by atoms with Gasteiger partial charge in [0, 0.05) is 18.9 Å². The molecule has 0 spiro atoms. The van der Waals surface area contributed by atoms with E-state index in [1.807, 2.05) is 29.9 Å². The maximum atomic E-state index is 6.31. The van der Waals surface area contributed by atoms with Gasteiger partial charge in [0.25, 0.3) is 0 Å². The van der Waals surface area contributed by atoms with Crippen molar-refractivity contribution in [3.63, 3.8) is 0 Å². The second-order valence-corrected chi connectivity index (χ2v) is 13.5. The summed E-state index contributed by atoms with van der Waals surface area (Å²) in [5.41, 5.74) is 0.879. The van der Waals surface area contributed by atoms with Crippen molar-refractivity contribution in [2.45, 2.75) is 48.8 Å². The predicted octanol–water partition coefficient (Wildman–Crippen LogP) is 5.46. The Kier molecular flexibility index (Phi) is 5.13. The molecule has 0 aromatic carbocycles. The van der Waals surface area contributed by atoms with Crippen molar-refractivity contribution in [3.8, 4) is 0 Å². The maximum absolute atomic E-state index is 6.31. The van der Waals surface area contributed by atoms with Crippen molar-refractivity contribution in [2.24, 2.45) is 7.05 Å². The summed E-state index contributed by atoms with van der Waals surface area (Å²) in [4.78, 5) is 0. The molecule has 1 rings (SSSR count). The van der Waals surface area contributed by atoms with E-state index in [2.05, 4.69) is 33.9 Å². The Morgan fingerprint density at radius 1 is 1.21 bits per heavy atom. The summed E-state index contributed by atoms with van der Waals surface area (Å²) in [5.74, 6) is 0. The fourth-order valence-corrected chi connectivity index (χ4v) is 3.45. The van der Waals surface area contributed by atoms with Crippen molar-refractivity contribution in [3.05, 3.63) is 24.0 Å². The molecule has 0 amide bonds. The fraction of sp³-hybridized carbons (Fsp3) is 0.692. The Hall–Kier alpha value is 0.327. The molecule has 1 atom stereocenters. The predicted molar refractivity (Wildman–Crippen MR) is 86.7 cm³/mol. The van der Waals surface area contributed by atoms with E-state index in [4.69, 9.17) is 39.2 Å². The molecule has 0 aliphatic carbocycles. The van der Waals surface area contributed by atoms with Gasteiger partial charge in [0.2, 0.25) is 3.79 Å². The van der Waals surface area contributed by atoms with Gasteiger partial charge in [0.05, 0.1) is 0 Å². The van der Waals surface area contributed by atoms with Gasteiger partial charge in [-0.25, -0.2) is 0 Å². The lowest BCUT2D eigenvalue weighted by Gasteiger charge is -2.41. The number of hydrogen-bond acceptors (Lipinski definition) is 1. The van der Waals surface area contributed by atoms with Gasteiger partial charge in [-0.3, -0.25) is 0 Å². The molecule has 0 aliphatic heterocycles. The second kappa shape index (κ2) is 5.61. The Morgan fingerprint density at radius 3 is 2.05 bits per heavy atom. The molecule has 1 aromatic rings. The van der Waals surface area contributed by atoms with Crippen LogP contribution >= 0.6 is 34.8 Å². The van der Waals surface area contributed by atoms with Crippen molar-refractivity contribution in [1.82, 2.24) is 4.57 Å². The van der Waals surface area contributed by atoms with E-state index < -0.39 is 18.2 Å². The minimum atomic E-state index is -2.02. The van der Waals surface area contributed by atoms with Crippen LogP contribution in [0.25, 0.3) is 0 Å². The summed E-state index contributed by atoms with van der Waals surface area (Å²) in [7, 11) is -0.0992. The molecule has 0 N–H and O–H groups in total. The van der Waals surface area contributed by atoms with Crippen LogP contribution in [0.1, 0.15) is 32.6 Å². The molecule has 6 heteroatoms. The molecule has 0 radical (unpaired) electrons. The van der Waals surface area contributed by atoms with E-state index in [-0.39, 0.29) is 5.04 Å². The zero-order chi connectivity index (χ0) is 15.1. The van der Waals surface area contributed by atoms with Crippen LogP contribution in [-0.4, -0.2) is 16.7 Å². The average molecular weight is 343 g/mol. The van der Waals surface area contributed by atoms with Crippen LogP contribution in [0.15, 0.2) is 18.3 Å². The van der Waals surface area contributed by atoms with Gasteiger partial charge in [-0.05, 0) is 30.3 Å². The van der Waals surface area contributed by atoms with E-state index in [0.717, 1.165) is 5.69 Å². The zero-order valence-electron chi connectivity index (χ0n) is 12.3. The van der Waals surface area contributed by atoms with E-state index in [0.29, 0.717) is 0 Å². The molecule has 1 heterocycles. The zero-order valence-corrected chi connectivity index (χ0v) is 15.6. The Bertz CT molecular complexity index is 432. The molecule has 0 saturated carbocycles. The monoisotopic (exact) mass is 341 g/mol. The summed E-state index contributed by atoms with van der Waals surface area (Å²) >= 11 is 18.4. The number of rotatable bonds is 3. The van der Waals surface area contributed by atoms with E-state index >= 15 is 0 Å². The molecule has 0 saturated heterocycles. The van der Waals surface area contributed by atoms with Crippen molar-refractivity contribution in [2.75, 3.05) is 0 Å². The molecule has 2 nitrogen and oxygen atoms in total. The average Bonchev–Trinajstić information content (AvgIpc) is 2.57. The van der Waals surface area contributed by atoms with E-state index in [9.17, 15) is 0 Å². The van der Waals surface area contributed by atoms with E-state index in [1.54, 1.807) is 0 Å². The number of aryl methyl sites for hydroxylation is 1. The summed E-state index contributed by atoms with van der Waals surface area (Å²) in [5, 5.41) is 0.0618. The molecule has 1 unspecified atom stereocenters. The highest BCUT2D eigenvalue weighted by Gasteiger charge is 2.45. The second-order valence-electron chi connectivity index (χ2n) is 6.34. The van der Waals surface area contributed by atoms with Crippen molar-refractivity contribution in [1.29, 1.82) is 0 Å². The summed E-state index contributed by atoms with van der Waals surface area (Å²) in [6.45, 7) is 10.8. The Labute approximate surface area is 132 Å². The molecular weight excluding hydrogens is 321 g/mol. The van der Waals surface area contributed by atoms with Crippen LogP contribution in [0.5, 0.6) is 0 Å². The standard InChI is InChI=1S/C13H22Cl3NOSi/c1-12(2,3)19(5,6)18-11(13(14,15)16)10-8-7-9-17(10)4/h7-9,11H,1-6H3. The molecule has 0 bridgehead atoms. The minimum Gasteiger partial charge on any atom is -0.404 e. The van der Waals surface area contributed by atoms with Crippen LogP contribution < -0.4 is 0 Å². The van der Waals surface area contributed by atoms with Gasteiger partial charge in [-0.2, -0.15) is 0 Å². The van der Waals surface area contributed by atoms with Crippen LogP contribution in [0.3, 0.4) is 0 Å². The molecule has 1 aromatic heterocycles. The molecule has 19 heavy (non-hydrogen) atoms. The Morgan fingerprint density at radius 2 is 1.74 bits per heavy atom. The topological polar surface area (TPSA) is 14.2 Å². The van der Waals surface area contributed by atoms with Gasteiger partial charge in [-0.1, -0.05) is 55.6 Å². The first-order valence-corrected chi connectivity index (χ1v) is 10.3. The number of nitrogens with zero attached hydrogens (tertiary/aromatic N) is 1. The van der Waals surface area contributed by atoms with Crippen molar-refractivity contribution >= 4 is 43.1 Å². The van der Waals surface area contributed by atoms with Crippen LogP contribution in [-0.2, 0) is 11.5 Å². The van der Waals surface area contributed by atoms with Gasteiger partial charge < -0.3 is 8.99 Å². The normalized spacial score (nSPS) is 15.6. The van der Waals surface area contributed by atoms with Crippen LogP contribution in [0.4, 0.5) is 0 Å². The first-order chi connectivity index (χ1) is 8.36. The SMILES string of the molecule is Cn1cccc1C(O[Si](C)(C)C(C)(C)C)C(Cl)(Cl)Cl. The third-order valence-electron chi connectivity index (χ3n) is 3.77. The largest absolute Gasteiger partial charge is 0.404 e. The van der Waals surface area contributed by atoms with Crippen molar-refractivity contribution < 1.29 is 4.43 Å². The van der Waals surface area contributed by atoms with Gasteiger partial charge in [0.15, 0.2) is 8.32 Å². The fourth-order valence-electron chi connectivity index (χ4n) is 1.51. The lowest BCUT2D eigenvalue weighted by molar-refractivity contribution is 0.180. The first kappa shape index (κ1) is 17.4. The van der Waals surface area contributed by atoms with E-state index in [1.165, 1.54) is 0 Å². The number of halogens is 3. The summed E-state index contributed by atoms with van der Waals surface area (Å²) < 4.78 is 6.76. The highest BCUT2D eigenvalue weighted by atomic mass is 35.6. The number of hydrogen-bond donors (Lipinski definition) is 0. The summed E-state index contributed by atoms with van der Waals surface area (Å²) in [6.07, 6.45) is 1.37. The highest BCUT2D eigenvalue weighted by Crippen LogP contribution is 2.47. The highest BCUT2D eigenvalue weighted by molar-refractivity contribution is 6.74. The van der Waals surface area contributed by atoms with Gasteiger partial charge >= 0.3 is 0 Å². The minimum absolute atomic E-state index is 0.0618. The van der Waals surface area contributed by atoms with Gasteiger partial charge in [0.1, 0.15) is 6.10 Å². The lowest BCUT2D eigenvalue weighted by atomic mass is 10.2. The molecule has 0 aliphatic rings. The third kappa shape index (κ3) is 4.15. The number of aromatic nitrogens is 1. The third-order valence-corrected chi connectivity index (χ3v) is 8.80. The molecule has 110 valence electrons. The first-order valence-electron chi connectivity index (χ1n) is 6.22. The smallest absolute Gasteiger partial charge is 0.220 e. The molecular formula is C13H22Cl3NOSi. The number of alkyl halides is 3. The quantitative estimate of drug-likeness (QED) is 0.525.